The number of benzene rings is 1. The first-order valence-electron chi connectivity index (χ1n) is 5.60. The standard InChI is InChI=1S/C13H14FNO2/c1-7-3-4-9(12(14)8(7)2)10-5-6-11(16)15-13(10)17/h3-4,10H,5-6H2,1-2H3,(H,15,16,17). The Bertz CT molecular complexity index is 496. The molecule has 2 rings (SSSR count). The number of amides is 2. The lowest BCUT2D eigenvalue weighted by atomic mass is 9.88. The first-order chi connectivity index (χ1) is 8.00. The van der Waals surface area contributed by atoms with Gasteiger partial charge in [0.1, 0.15) is 5.82 Å². The number of halogens is 1. The van der Waals surface area contributed by atoms with E-state index >= 15 is 0 Å². The van der Waals surface area contributed by atoms with Crippen molar-refractivity contribution in [3.63, 3.8) is 0 Å². The zero-order valence-corrected chi connectivity index (χ0v) is 9.84. The number of hydrogen-bond acceptors (Lipinski definition) is 2. The van der Waals surface area contributed by atoms with Crippen molar-refractivity contribution >= 4 is 11.8 Å². The van der Waals surface area contributed by atoms with Gasteiger partial charge in [-0.15, -0.1) is 0 Å². The second-order valence-electron chi connectivity index (χ2n) is 4.41. The van der Waals surface area contributed by atoms with E-state index in [-0.39, 0.29) is 18.1 Å². The van der Waals surface area contributed by atoms with Gasteiger partial charge in [-0.25, -0.2) is 4.39 Å². The van der Waals surface area contributed by atoms with Crippen molar-refractivity contribution in [3.8, 4) is 0 Å². The largest absolute Gasteiger partial charge is 0.296 e. The number of aryl methyl sites for hydroxylation is 1. The Kier molecular flexibility index (Phi) is 2.96. The number of hydrogen-bond donors (Lipinski definition) is 1. The quantitative estimate of drug-likeness (QED) is 0.756. The third kappa shape index (κ3) is 2.07. The first kappa shape index (κ1) is 11.8. The van der Waals surface area contributed by atoms with Gasteiger partial charge < -0.3 is 0 Å². The molecule has 1 aliphatic heterocycles. The van der Waals surface area contributed by atoms with Crippen LogP contribution < -0.4 is 5.32 Å². The predicted octanol–water partition coefficient (Wildman–Crippen LogP) is 1.96. The van der Waals surface area contributed by atoms with Gasteiger partial charge in [0.05, 0.1) is 5.92 Å². The van der Waals surface area contributed by atoms with Crippen molar-refractivity contribution in [1.82, 2.24) is 5.32 Å². The molecule has 1 heterocycles. The fourth-order valence-corrected chi connectivity index (χ4v) is 2.06. The maximum atomic E-state index is 14.1. The SMILES string of the molecule is Cc1ccc(C2CCC(=O)NC2=O)c(F)c1C. The Morgan fingerprint density at radius 3 is 2.65 bits per heavy atom. The van der Waals surface area contributed by atoms with Gasteiger partial charge in [0.2, 0.25) is 11.8 Å². The lowest BCUT2D eigenvalue weighted by Crippen LogP contribution is -2.39. The van der Waals surface area contributed by atoms with Crippen molar-refractivity contribution in [2.75, 3.05) is 0 Å². The lowest BCUT2D eigenvalue weighted by molar-refractivity contribution is -0.134. The van der Waals surface area contributed by atoms with Crippen LogP contribution in [-0.2, 0) is 9.59 Å². The van der Waals surface area contributed by atoms with Gasteiger partial charge >= 0.3 is 0 Å². The van der Waals surface area contributed by atoms with E-state index in [9.17, 15) is 14.0 Å². The Morgan fingerprint density at radius 1 is 1.29 bits per heavy atom. The molecule has 1 unspecified atom stereocenters. The molecule has 0 aliphatic carbocycles. The Balaban J connectivity index is 2.38. The highest BCUT2D eigenvalue weighted by molar-refractivity contribution is 6.00. The van der Waals surface area contributed by atoms with Crippen LogP contribution in [0.3, 0.4) is 0 Å². The molecule has 3 nitrogen and oxygen atoms in total. The van der Waals surface area contributed by atoms with Crippen molar-refractivity contribution in [2.45, 2.75) is 32.6 Å². The fraction of sp³-hybridized carbons (Fsp3) is 0.385. The molecule has 0 saturated carbocycles. The second-order valence-corrected chi connectivity index (χ2v) is 4.41. The molecule has 0 spiro atoms. The molecule has 1 aromatic rings. The van der Waals surface area contributed by atoms with Crippen molar-refractivity contribution in [3.05, 3.63) is 34.6 Å². The molecule has 1 atom stereocenters. The van der Waals surface area contributed by atoms with Crippen LogP contribution >= 0.6 is 0 Å². The van der Waals surface area contributed by atoms with E-state index in [2.05, 4.69) is 5.32 Å². The van der Waals surface area contributed by atoms with Gasteiger partial charge in [-0.2, -0.15) is 0 Å². The summed E-state index contributed by atoms with van der Waals surface area (Å²) in [4.78, 5) is 22.7. The maximum absolute atomic E-state index is 14.1. The van der Waals surface area contributed by atoms with Crippen molar-refractivity contribution < 1.29 is 14.0 Å². The molecular formula is C13H14FNO2. The molecular weight excluding hydrogens is 221 g/mol. The zero-order chi connectivity index (χ0) is 12.6. The van der Waals surface area contributed by atoms with E-state index in [1.54, 1.807) is 19.1 Å². The summed E-state index contributed by atoms with van der Waals surface area (Å²) in [6, 6.07) is 3.44. The van der Waals surface area contributed by atoms with E-state index in [1.807, 2.05) is 6.92 Å². The van der Waals surface area contributed by atoms with Crippen LogP contribution in [0.25, 0.3) is 0 Å². The second kappa shape index (κ2) is 4.28. The van der Waals surface area contributed by atoms with Gasteiger partial charge in [-0.3, -0.25) is 14.9 Å². The molecule has 2 amide bonds. The number of rotatable bonds is 1. The predicted molar refractivity (Wildman–Crippen MR) is 61.0 cm³/mol. The summed E-state index contributed by atoms with van der Waals surface area (Å²) < 4.78 is 14.1. The molecule has 1 fully saturated rings. The third-order valence-corrected chi connectivity index (χ3v) is 3.30. The number of carbonyl (C=O) groups excluding carboxylic acids is 2. The summed E-state index contributed by atoms with van der Waals surface area (Å²) in [7, 11) is 0. The number of piperidine rings is 1. The van der Waals surface area contributed by atoms with E-state index in [1.165, 1.54) is 0 Å². The van der Waals surface area contributed by atoms with Crippen LogP contribution in [0.15, 0.2) is 12.1 Å². The normalized spacial score (nSPS) is 20.3. The molecule has 90 valence electrons. The highest BCUT2D eigenvalue weighted by atomic mass is 19.1. The summed E-state index contributed by atoms with van der Waals surface area (Å²) in [5, 5.41) is 2.24. The van der Waals surface area contributed by atoms with Crippen LogP contribution in [-0.4, -0.2) is 11.8 Å². The third-order valence-electron chi connectivity index (χ3n) is 3.30. The van der Waals surface area contributed by atoms with Gasteiger partial charge in [0, 0.05) is 12.0 Å². The van der Waals surface area contributed by atoms with Crippen LogP contribution in [0.1, 0.15) is 35.4 Å². The average molecular weight is 235 g/mol. The summed E-state index contributed by atoms with van der Waals surface area (Å²) in [6.45, 7) is 3.52. The highest BCUT2D eigenvalue weighted by Crippen LogP contribution is 2.29. The van der Waals surface area contributed by atoms with Gasteiger partial charge in [0.25, 0.3) is 0 Å². The number of carbonyl (C=O) groups is 2. The molecule has 0 bridgehead atoms. The smallest absolute Gasteiger partial charge is 0.234 e. The number of nitrogens with one attached hydrogen (secondary N) is 1. The van der Waals surface area contributed by atoms with Gasteiger partial charge in [-0.05, 0) is 31.4 Å². The zero-order valence-electron chi connectivity index (χ0n) is 9.84. The van der Waals surface area contributed by atoms with Gasteiger partial charge in [-0.1, -0.05) is 12.1 Å². The van der Waals surface area contributed by atoms with E-state index in [0.717, 1.165) is 5.56 Å². The Labute approximate surface area is 99.0 Å². The summed E-state index contributed by atoms with van der Waals surface area (Å²) in [6.07, 6.45) is 0.646. The average Bonchev–Trinajstić information content (AvgIpc) is 2.28. The monoisotopic (exact) mass is 235 g/mol. The minimum absolute atomic E-state index is 0.267. The van der Waals surface area contributed by atoms with Crippen LogP contribution in [0.2, 0.25) is 0 Å². The van der Waals surface area contributed by atoms with Crippen LogP contribution in [0.5, 0.6) is 0 Å². The topological polar surface area (TPSA) is 46.2 Å². The molecule has 1 aliphatic rings. The summed E-state index contributed by atoms with van der Waals surface area (Å²) in [5.41, 5.74) is 1.81. The maximum Gasteiger partial charge on any atom is 0.234 e. The molecule has 1 aromatic carbocycles. The minimum Gasteiger partial charge on any atom is -0.296 e. The molecule has 0 aromatic heterocycles. The Hall–Kier alpha value is -1.71. The van der Waals surface area contributed by atoms with Crippen LogP contribution in [0.4, 0.5) is 4.39 Å². The van der Waals surface area contributed by atoms with E-state index in [4.69, 9.17) is 0 Å². The van der Waals surface area contributed by atoms with Crippen LogP contribution in [0, 0.1) is 19.7 Å². The molecule has 17 heavy (non-hydrogen) atoms. The minimum atomic E-state index is -0.549. The fourth-order valence-electron chi connectivity index (χ4n) is 2.06. The first-order valence-corrected chi connectivity index (χ1v) is 5.60. The van der Waals surface area contributed by atoms with E-state index < -0.39 is 11.8 Å². The molecule has 4 heteroatoms. The summed E-state index contributed by atoms with van der Waals surface area (Å²) in [5.74, 6) is -1.56. The summed E-state index contributed by atoms with van der Waals surface area (Å²) >= 11 is 0. The Morgan fingerprint density at radius 2 is 2.00 bits per heavy atom. The molecule has 0 radical (unpaired) electrons. The van der Waals surface area contributed by atoms with Crippen molar-refractivity contribution in [1.29, 1.82) is 0 Å². The van der Waals surface area contributed by atoms with E-state index in [0.29, 0.717) is 17.5 Å². The molecule has 1 N–H and O–H groups in total. The highest BCUT2D eigenvalue weighted by Gasteiger charge is 2.30. The number of imide groups is 1. The molecule has 1 saturated heterocycles. The van der Waals surface area contributed by atoms with Crippen molar-refractivity contribution in [2.24, 2.45) is 0 Å². The lowest BCUT2D eigenvalue weighted by Gasteiger charge is -2.22. The van der Waals surface area contributed by atoms with Gasteiger partial charge in [0.15, 0.2) is 0 Å².